The Morgan fingerprint density at radius 3 is 2.38 bits per heavy atom. The van der Waals surface area contributed by atoms with Crippen molar-refractivity contribution in [3.63, 3.8) is 0 Å². The SMILES string of the molecule is CNC1CN(c2nc(OC)c(NC(=O)Cc3ccc(Oc4cc([Si](C)(C)C)ccc4C)o3)c(OC)n2)C1. The van der Waals surface area contributed by atoms with E-state index in [1.54, 1.807) is 12.1 Å². The number of hydrogen-bond donors (Lipinski definition) is 2. The van der Waals surface area contributed by atoms with E-state index >= 15 is 0 Å². The van der Waals surface area contributed by atoms with E-state index in [0.29, 0.717) is 23.7 Å². The number of carbonyl (C=O) groups excluding carboxylic acids is 1. The van der Waals surface area contributed by atoms with Crippen LogP contribution in [0.1, 0.15) is 11.3 Å². The molecule has 2 N–H and O–H groups in total. The van der Waals surface area contributed by atoms with Crippen molar-refractivity contribution in [2.75, 3.05) is 44.6 Å². The monoisotopic (exact) mass is 525 g/mol. The normalized spacial score (nSPS) is 13.8. The van der Waals surface area contributed by atoms with Crippen molar-refractivity contribution in [1.82, 2.24) is 15.3 Å². The summed E-state index contributed by atoms with van der Waals surface area (Å²) in [7, 11) is 3.41. The number of rotatable bonds is 10. The van der Waals surface area contributed by atoms with Gasteiger partial charge in [-0.2, -0.15) is 9.97 Å². The van der Waals surface area contributed by atoms with Crippen LogP contribution in [0.3, 0.4) is 0 Å². The lowest BCUT2D eigenvalue weighted by Gasteiger charge is -2.39. The minimum atomic E-state index is -1.49. The van der Waals surface area contributed by atoms with Crippen LogP contribution in [0.15, 0.2) is 34.7 Å². The molecule has 0 bridgehead atoms. The summed E-state index contributed by atoms with van der Waals surface area (Å²) in [5.41, 5.74) is 1.28. The van der Waals surface area contributed by atoms with Crippen LogP contribution in [0, 0.1) is 6.92 Å². The van der Waals surface area contributed by atoms with Gasteiger partial charge in [-0.25, -0.2) is 0 Å². The Balaban J connectivity index is 1.44. The van der Waals surface area contributed by atoms with Crippen molar-refractivity contribution < 1.29 is 23.4 Å². The van der Waals surface area contributed by atoms with Crippen LogP contribution in [-0.4, -0.2) is 64.3 Å². The van der Waals surface area contributed by atoms with E-state index < -0.39 is 8.07 Å². The van der Waals surface area contributed by atoms with Crippen LogP contribution in [0.4, 0.5) is 11.6 Å². The molecule has 0 radical (unpaired) electrons. The first-order chi connectivity index (χ1) is 17.6. The number of aryl methyl sites for hydroxylation is 1. The average Bonchev–Trinajstić information content (AvgIpc) is 3.26. The summed E-state index contributed by atoms with van der Waals surface area (Å²) in [6.45, 7) is 10.4. The molecule has 4 rings (SSSR count). The van der Waals surface area contributed by atoms with Gasteiger partial charge in [-0.05, 0) is 31.7 Å². The molecule has 3 aromatic rings. The summed E-state index contributed by atoms with van der Waals surface area (Å²) < 4.78 is 22.7. The fraction of sp³-hybridized carbons (Fsp3) is 0.423. The van der Waals surface area contributed by atoms with E-state index in [9.17, 15) is 4.79 Å². The molecule has 1 saturated heterocycles. The first-order valence-electron chi connectivity index (χ1n) is 12.2. The summed E-state index contributed by atoms with van der Waals surface area (Å²) in [6, 6.07) is 10.1. The number of anilines is 2. The lowest BCUT2D eigenvalue weighted by Crippen LogP contribution is -2.57. The number of hydrogen-bond acceptors (Lipinski definition) is 9. The summed E-state index contributed by atoms with van der Waals surface area (Å²) in [5.74, 6) is 2.15. The Morgan fingerprint density at radius 1 is 1.11 bits per heavy atom. The van der Waals surface area contributed by atoms with Gasteiger partial charge in [0.15, 0.2) is 5.69 Å². The standard InChI is InChI=1S/C26H35N5O5Si/c1-16-8-10-19(37(5,6)7)13-20(16)36-22-11-9-18(35-22)12-21(32)28-23-24(33-3)29-26(30-25(23)34-4)31-14-17(15-31)27-2/h8-11,13,17,27H,12,14-15H2,1-7H3,(H,28,32). The van der Waals surface area contributed by atoms with Gasteiger partial charge in [-0.1, -0.05) is 37.0 Å². The van der Waals surface area contributed by atoms with E-state index in [-0.39, 0.29) is 29.8 Å². The molecule has 0 spiro atoms. The molecule has 2 aromatic heterocycles. The maximum absolute atomic E-state index is 12.9. The molecule has 0 atom stereocenters. The summed E-state index contributed by atoms with van der Waals surface area (Å²) in [6.07, 6.45) is -0.0126. The molecule has 1 amide bonds. The Morgan fingerprint density at radius 2 is 1.78 bits per heavy atom. The number of methoxy groups -OCH3 is 2. The van der Waals surface area contributed by atoms with Crippen LogP contribution < -0.4 is 34.9 Å². The second-order valence-corrected chi connectivity index (χ2v) is 15.2. The molecule has 3 heterocycles. The molecular weight excluding hydrogens is 490 g/mol. The van der Waals surface area contributed by atoms with Gasteiger partial charge in [-0.15, -0.1) is 0 Å². The van der Waals surface area contributed by atoms with E-state index in [0.717, 1.165) is 24.4 Å². The third-order valence-electron chi connectivity index (χ3n) is 6.29. The molecule has 1 aliphatic heterocycles. The fourth-order valence-corrected chi connectivity index (χ4v) is 5.06. The van der Waals surface area contributed by atoms with E-state index in [1.807, 2.05) is 18.9 Å². The smallest absolute Gasteiger partial charge is 0.290 e. The molecule has 1 aromatic carbocycles. The highest BCUT2D eigenvalue weighted by Gasteiger charge is 2.30. The van der Waals surface area contributed by atoms with E-state index in [4.69, 9.17) is 18.6 Å². The maximum atomic E-state index is 12.9. The van der Waals surface area contributed by atoms with E-state index in [2.05, 4.69) is 58.4 Å². The number of nitrogens with zero attached hydrogens (tertiary/aromatic N) is 3. The highest BCUT2D eigenvalue weighted by Crippen LogP contribution is 2.35. The summed E-state index contributed by atoms with van der Waals surface area (Å²) in [5, 5.41) is 7.31. The second kappa shape index (κ2) is 10.8. The number of likely N-dealkylation sites (N-methyl/N-ethyl adjacent to an activating group) is 1. The highest BCUT2D eigenvalue weighted by molar-refractivity contribution is 6.88. The molecule has 0 aliphatic carbocycles. The molecule has 1 fully saturated rings. The predicted molar refractivity (Wildman–Crippen MR) is 145 cm³/mol. The van der Waals surface area contributed by atoms with Crippen molar-refractivity contribution in [2.45, 2.75) is 39.0 Å². The molecular formula is C26H35N5O5Si. The zero-order valence-corrected chi connectivity index (χ0v) is 23.5. The molecule has 0 saturated carbocycles. The molecule has 0 unspecified atom stereocenters. The third kappa shape index (κ3) is 6.05. The maximum Gasteiger partial charge on any atom is 0.290 e. The topological polar surface area (TPSA) is 111 Å². The first kappa shape index (κ1) is 26.5. The first-order valence-corrected chi connectivity index (χ1v) is 15.7. The van der Waals surface area contributed by atoms with E-state index in [1.165, 1.54) is 19.4 Å². The van der Waals surface area contributed by atoms with Gasteiger partial charge in [0.2, 0.25) is 23.6 Å². The van der Waals surface area contributed by atoms with Gasteiger partial charge in [0, 0.05) is 25.2 Å². The van der Waals surface area contributed by atoms with Crippen LogP contribution in [0.5, 0.6) is 23.5 Å². The third-order valence-corrected chi connectivity index (χ3v) is 8.33. The molecule has 11 heteroatoms. The highest BCUT2D eigenvalue weighted by atomic mass is 28.3. The Bertz CT molecular complexity index is 1240. The Kier molecular flexibility index (Phi) is 7.74. The van der Waals surface area contributed by atoms with Crippen molar-refractivity contribution in [1.29, 1.82) is 0 Å². The number of nitrogens with one attached hydrogen (secondary N) is 2. The van der Waals surface area contributed by atoms with Gasteiger partial charge in [-0.3, -0.25) is 4.79 Å². The van der Waals surface area contributed by atoms with Crippen molar-refractivity contribution in [2.24, 2.45) is 0 Å². The van der Waals surface area contributed by atoms with Crippen LogP contribution in [-0.2, 0) is 11.2 Å². The van der Waals surface area contributed by atoms with Crippen molar-refractivity contribution in [3.05, 3.63) is 41.7 Å². The zero-order valence-electron chi connectivity index (χ0n) is 22.5. The average molecular weight is 526 g/mol. The van der Waals surface area contributed by atoms with Crippen LogP contribution in [0.2, 0.25) is 19.6 Å². The van der Waals surface area contributed by atoms with Gasteiger partial charge in [0.25, 0.3) is 5.95 Å². The molecule has 1 aliphatic rings. The predicted octanol–water partition coefficient (Wildman–Crippen LogP) is 3.32. The quantitative estimate of drug-likeness (QED) is 0.385. The molecule has 198 valence electrons. The summed E-state index contributed by atoms with van der Waals surface area (Å²) in [4.78, 5) is 23.8. The van der Waals surface area contributed by atoms with Crippen LogP contribution >= 0.6 is 0 Å². The minimum absolute atomic E-state index is 0.0126. The largest absolute Gasteiger partial charge is 0.479 e. The van der Waals surface area contributed by atoms with Crippen molar-refractivity contribution in [3.8, 4) is 23.5 Å². The number of aromatic nitrogens is 2. The van der Waals surface area contributed by atoms with Gasteiger partial charge in [0.05, 0.1) is 28.7 Å². The van der Waals surface area contributed by atoms with Gasteiger partial charge < -0.3 is 34.2 Å². The summed E-state index contributed by atoms with van der Waals surface area (Å²) >= 11 is 0. The minimum Gasteiger partial charge on any atom is -0.479 e. The number of carbonyl (C=O) groups is 1. The molecule has 10 nitrogen and oxygen atoms in total. The van der Waals surface area contributed by atoms with Gasteiger partial charge >= 0.3 is 0 Å². The number of benzene rings is 1. The number of furan rings is 1. The lowest BCUT2D eigenvalue weighted by atomic mass is 10.1. The van der Waals surface area contributed by atoms with Crippen molar-refractivity contribution >= 4 is 30.8 Å². The number of ether oxygens (including phenoxy) is 3. The Hall–Kier alpha value is -3.57. The zero-order chi connectivity index (χ0) is 26.7. The van der Waals surface area contributed by atoms with Gasteiger partial charge in [0.1, 0.15) is 11.5 Å². The molecule has 37 heavy (non-hydrogen) atoms. The fourth-order valence-electron chi connectivity index (χ4n) is 3.91. The second-order valence-electron chi connectivity index (χ2n) is 10.1. The Labute approximate surface area is 218 Å². The lowest BCUT2D eigenvalue weighted by molar-refractivity contribution is -0.115. The number of amides is 1. The van der Waals surface area contributed by atoms with Crippen LogP contribution in [0.25, 0.3) is 0 Å².